The molecule has 1 N–H and O–H groups in total. The Morgan fingerprint density at radius 3 is 2.94 bits per heavy atom. The lowest BCUT2D eigenvalue weighted by Gasteiger charge is -2.13. The molecule has 0 saturated carbocycles. The average molecular weight is 244 g/mol. The number of carbonyl (C=O) groups is 1. The second-order valence-electron chi connectivity index (χ2n) is 3.52. The van der Waals surface area contributed by atoms with Gasteiger partial charge in [-0.3, -0.25) is 0 Å². The Bertz CT molecular complexity index is 381. The largest absolute Gasteiger partial charge is 0.478 e. The van der Waals surface area contributed by atoms with Gasteiger partial charge in [0.15, 0.2) is 0 Å². The number of carboxylic acids is 1. The molecule has 0 amide bonds. The van der Waals surface area contributed by atoms with Gasteiger partial charge in [-0.1, -0.05) is 24.9 Å². The number of nitrogens with zero attached hydrogens (tertiary/aromatic N) is 1. The van der Waals surface area contributed by atoms with Crippen molar-refractivity contribution in [3.8, 4) is 5.88 Å². The van der Waals surface area contributed by atoms with Crippen molar-refractivity contribution in [1.29, 1.82) is 0 Å². The van der Waals surface area contributed by atoms with E-state index in [0.717, 1.165) is 12.8 Å². The summed E-state index contributed by atoms with van der Waals surface area (Å²) in [6.07, 6.45) is 3.20. The third-order valence-corrected chi connectivity index (χ3v) is 2.38. The van der Waals surface area contributed by atoms with Crippen molar-refractivity contribution in [2.45, 2.75) is 32.8 Å². The van der Waals surface area contributed by atoms with Crippen molar-refractivity contribution in [1.82, 2.24) is 4.98 Å². The minimum atomic E-state index is -1.08. The van der Waals surface area contributed by atoms with Gasteiger partial charge in [0.05, 0.1) is 22.9 Å². The van der Waals surface area contributed by atoms with E-state index in [1.165, 1.54) is 12.3 Å². The lowest BCUT2D eigenvalue weighted by atomic mass is 10.2. The molecule has 1 unspecified atom stereocenters. The molecule has 0 radical (unpaired) electrons. The first kappa shape index (κ1) is 12.8. The molecule has 4 nitrogen and oxygen atoms in total. The third kappa shape index (κ3) is 3.38. The van der Waals surface area contributed by atoms with E-state index in [1.807, 2.05) is 6.92 Å². The first-order valence-corrected chi connectivity index (χ1v) is 5.48. The first-order valence-electron chi connectivity index (χ1n) is 5.10. The smallest absolute Gasteiger partial charge is 0.337 e. The SMILES string of the molecule is CCCC(C)Oc1cc(C(=O)O)c(Cl)cn1. The van der Waals surface area contributed by atoms with Gasteiger partial charge in [-0.15, -0.1) is 0 Å². The summed E-state index contributed by atoms with van der Waals surface area (Å²) >= 11 is 5.69. The summed E-state index contributed by atoms with van der Waals surface area (Å²) in [4.78, 5) is 14.7. The van der Waals surface area contributed by atoms with E-state index < -0.39 is 5.97 Å². The molecule has 1 aromatic heterocycles. The van der Waals surface area contributed by atoms with Crippen LogP contribution in [0.5, 0.6) is 5.88 Å². The Kier molecular flexibility index (Phi) is 4.55. The minimum Gasteiger partial charge on any atom is -0.478 e. The quantitative estimate of drug-likeness (QED) is 0.864. The Morgan fingerprint density at radius 2 is 2.38 bits per heavy atom. The summed E-state index contributed by atoms with van der Waals surface area (Å²) in [5.41, 5.74) is 0.00960. The summed E-state index contributed by atoms with van der Waals surface area (Å²) in [5, 5.41) is 8.97. The fourth-order valence-corrected chi connectivity index (χ4v) is 1.50. The van der Waals surface area contributed by atoms with Crippen molar-refractivity contribution >= 4 is 17.6 Å². The number of aromatic carboxylic acids is 1. The van der Waals surface area contributed by atoms with Gasteiger partial charge in [0.1, 0.15) is 0 Å². The van der Waals surface area contributed by atoms with Gasteiger partial charge in [-0.25, -0.2) is 9.78 Å². The van der Waals surface area contributed by atoms with Crippen molar-refractivity contribution in [3.63, 3.8) is 0 Å². The Balaban J connectivity index is 2.82. The highest BCUT2D eigenvalue weighted by molar-refractivity contribution is 6.33. The highest BCUT2D eigenvalue weighted by atomic mass is 35.5. The molecule has 1 heterocycles. The van der Waals surface area contributed by atoms with Crippen LogP contribution in [0.3, 0.4) is 0 Å². The number of carboxylic acid groups (broad SMARTS) is 1. The summed E-state index contributed by atoms with van der Waals surface area (Å²) in [7, 11) is 0. The highest BCUT2D eigenvalue weighted by Gasteiger charge is 2.12. The van der Waals surface area contributed by atoms with Crippen LogP contribution in [0.25, 0.3) is 0 Å². The molecule has 0 aliphatic carbocycles. The van der Waals surface area contributed by atoms with E-state index in [1.54, 1.807) is 0 Å². The summed E-state index contributed by atoms with van der Waals surface area (Å²) in [6.45, 7) is 3.97. The van der Waals surface area contributed by atoms with Crippen molar-refractivity contribution in [2.75, 3.05) is 0 Å². The molecule has 0 bridgehead atoms. The molecular weight excluding hydrogens is 230 g/mol. The number of pyridine rings is 1. The van der Waals surface area contributed by atoms with Gasteiger partial charge in [0.2, 0.25) is 5.88 Å². The molecule has 1 rings (SSSR count). The van der Waals surface area contributed by atoms with Gasteiger partial charge in [-0.05, 0) is 13.3 Å². The Hall–Kier alpha value is -1.29. The normalized spacial score (nSPS) is 12.2. The van der Waals surface area contributed by atoms with Crippen molar-refractivity contribution < 1.29 is 14.6 Å². The zero-order chi connectivity index (χ0) is 12.1. The number of hydrogen-bond acceptors (Lipinski definition) is 3. The van der Waals surface area contributed by atoms with E-state index in [2.05, 4.69) is 11.9 Å². The molecule has 0 saturated heterocycles. The van der Waals surface area contributed by atoms with Gasteiger partial charge < -0.3 is 9.84 Å². The predicted molar refractivity (Wildman–Crippen MR) is 61.2 cm³/mol. The van der Waals surface area contributed by atoms with E-state index in [9.17, 15) is 4.79 Å². The lowest BCUT2D eigenvalue weighted by molar-refractivity contribution is 0.0696. The maximum absolute atomic E-state index is 10.8. The molecule has 0 aromatic carbocycles. The van der Waals surface area contributed by atoms with Crippen molar-refractivity contribution in [3.05, 3.63) is 22.8 Å². The molecule has 1 atom stereocenters. The summed E-state index contributed by atoms with van der Waals surface area (Å²) < 4.78 is 5.47. The standard InChI is InChI=1S/C11H14ClNO3/c1-3-4-7(2)16-10-5-8(11(14)15)9(12)6-13-10/h5-7H,3-4H2,1-2H3,(H,14,15). The molecule has 0 aliphatic rings. The fourth-order valence-electron chi connectivity index (χ4n) is 1.32. The van der Waals surface area contributed by atoms with Crippen LogP contribution in [0.4, 0.5) is 0 Å². The summed E-state index contributed by atoms with van der Waals surface area (Å²) in [5.74, 6) is -0.789. The van der Waals surface area contributed by atoms with Gasteiger partial charge in [-0.2, -0.15) is 0 Å². The average Bonchev–Trinajstić information content (AvgIpc) is 2.21. The Morgan fingerprint density at radius 1 is 1.69 bits per heavy atom. The van der Waals surface area contributed by atoms with Gasteiger partial charge in [0, 0.05) is 6.07 Å². The van der Waals surface area contributed by atoms with Gasteiger partial charge in [0.25, 0.3) is 0 Å². The third-order valence-electron chi connectivity index (χ3n) is 2.08. The van der Waals surface area contributed by atoms with E-state index in [-0.39, 0.29) is 16.7 Å². The zero-order valence-corrected chi connectivity index (χ0v) is 9.99. The van der Waals surface area contributed by atoms with Crippen LogP contribution in [0.2, 0.25) is 5.02 Å². The fraction of sp³-hybridized carbons (Fsp3) is 0.455. The van der Waals surface area contributed by atoms with Crippen LogP contribution < -0.4 is 4.74 Å². The number of hydrogen-bond donors (Lipinski definition) is 1. The zero-order valence-electron chi connectivity index (χ0n) is 9.24. The van der Waals surface area contributed by atoms with Crippen LogP contribution in [-0.4, -0.2) is 22.2 Å². The topological polar surface area (TPSA) is 59.4 Å². The number of aromatic nitrogens is 1. The lowest BCUT2D eigenvalue weighted by Crippen LogP contribution is -2.12. The van der Waals surface area contributed by atoms with Crippen LogP contribution in [-0.2, 0) is 0 Å². The first-order chi connectivity index (χ1) is 7.54. The maximum atomic E-state index is 10.8. The molecular formula is C11H14ClNO3. The second-order valence-corrected chi connectivity index (χ2v) is 3.93. The van der Waals surface area contributed by atoms with Gasteiger partial charge >= 0.3 is 5.97 Å². The minimum absolute atomic E-state index is 0.00960. The molecule has 88 valence electrons. The number of ether oxygens (including phenoxy) is 1. The maximum Gasteiger partial charge on any atom is 0.337 e. The Labute approximate surface area is 99.2 Å². The second kappa shape index (κ2) is 5.70. The van der Waals surface area contributed by atoms with Crippen LogP contribution in [0, 0.1) is 0 Å². The monoisotopic (exact) mass is 243 g/mol. The van der Waals surface area contributed by atoms with Crippen LogP contribution in [0.1, 0.15) is 37.0 Å². The molecule has 0 fully saturated rings. The number of halogens is 1. The van der Waals surface area contributed by atoms with Crippen LogP contribution >= 0.6 is 11.6 Å². The summed E-state index contributed by atoms with van der Waals surface area (Å²) in [6, 6.07) is 1.34. The molecule has 0 aliphatic heterocycles. The molecule has 1 aromatic rings. The predicted octanol–water partition coefficient (Wildman–Crippen LogP) is 3.00. The van der Waals surface area contributed by atoms with E-state index >= 15 is 0 Å². The van der Waals surface area contributed by atoms with Crippen molar-refractivity contribution in [2.24, 2.45) is 0 Å². The van der Waals surface area contributed by atoms with Crippen LogP contribution in [0.15, 0.2) is 12.3 Å². The van der Waals surface area contributed by atoms with E-state index in [4.69, 9.17) is 21.4 Å². The highest BCUT2D eigenvalue weighted by Crippen LogP contribution is 2.20. The van der Waals surface area contributed by atoms with E-state index in [0.29, 0.717) is 5.88 Å². The number of rotatable bonds is 5. The molecule has 16 heavy (non-hydrogen) atoms. The molecule has 5 heteroatoms. The molecule has 0 spiro atoms.